The number of nitrogens with two attached hydrogens (primary N) is 1. The Labute approximate surface area is 262 Å². The molecular formula is C31H25F5N4O5S. The molecule has 0 aliphatic carbocycles. The monoisotopic (exact) mass is 660 g/mol. The molecule has 240 valence electrons. The van der Waals surface area contributed by atoms with Crippen LogP contribution in [-0.2, 0) is 11.4 Å². The van der Waals surface area contributed by atoms with Crippen LogP contribution in [0.15, 0.2) is 63.9 Å². The normalized spacial score (nSPS) is 14.0. The van der Waals surface area contributed by atoms with Gasteiger partial charge in [0.25, 0.3) is 5.91 Å². The number of oxazole rings is 1. The van der Waals surface area contributed by atoms with Crippen molar-refractivity contribution in [1.82, 2.24) is 10.3 Å². The third-order valence-corrected chi connectivity index (χ3v) is 7.84. The Morgan fingerprint density at radius 3 is 2.46 bits per heavy atom. The lowest BCUT2D eigenvalue weighted by atomic mass is 9.93. The van der Waals surface area contributed by atoms with Crippen LogP contribution in [0.3, 0.4) is 0 Å². The number of carbonyl (C=O) groups excluding carboxylic acids is 1. The molecule has 3 aromatic carbocycles. The number of thioether (sulfide) groups is 1. The highest BCUT2D eigenvalue weighted by molar-refractivity contribution is 7.98. The molecule has 0 saturated carbocycles. The number of hydrogen-bond donors (Lipinski definition) is 4. The summed E-state index contributed by atoms with van der Waals surface area (Å²) in [5.41, 5.74) is 5.15. The molecule has 4 aromatic rings. The maximum absolute atomic E-state index is 15.0. The summed E-state index contributed by atoms with van der Waals surface area (Å²) in [6.45, 7) is 1.01. The molecule has 5 rings (SSSR count). The Hall–Kier alpha value is -4.89. The molecule has 0 saturated heterocycles. The Kier molecular flexibility index (Phi) is 8.57. The van der Waals surface area contributed by atoms with Crippen LogP contribution in [0.5, 0.6) is 11.5 Å². The van der Waals surface area contributed by atoms with Crippen molar-refractivity contribution in [3.8, 4) is 45.2 Å². The molecule has 1 amide bonds. The molecule has 15 heteroatoms. The molecule has 2 heterocycles. The van der Waals surface area contributed by atoms with Crippen molar-refractivity contribution in [2.45, 2.75) is 30.6 Å². The zero-order valence-corrected chi connectivity index (χ0v) is 25.1. The molecule has 0 fully saturated rings. The van der Waals surface area contributed by atoms with Crippen LogP contribution >= 0.6 is 11.8 Å². The van der Waals surface area contributed by atoms with E-state index in [1.807, 2.05) is 0 Å². The first-order valence-electron chi connectivity index (χ1n) is 13.3. The van der Waals surface area contributed by atoms with E-state index in [0.717, 1.165) is 6.08 Å². The standard InChI is InChI=1S/C31H25F5N4O5S/c1-14-40-27(16-5-7-23-24(10-16)45-31(35,36)44-23)28(43-14)19-8-15(17-9-21(32)20(13-41)25(11-17)46-3)4-6-18(19)22(39-2)12-26(37)30(33,34)29(38)42/h4-12,37,39,41H,13H2,1-3H3,(H2,38,42)/b22-12-,37-26?. The minimum Gasteiger partial charge on any atom is -0.440 e. The minimum atomic E-state index is -4.29. The van der Waals surface area contributed by atoms with Crippen LogP contribution in [0.4, 0.5) is 22.0 Å². The van der Waals surface area contributed by atoms with Crippen molar-refractivity contribution < 1.29 is 45.7 Å². The topological polar surface area (TPSA) is 144 Å². The van der Waals surface area contributed by atoms with Gasteiger partial charge in [-0.25, -0.2) is 9.37 Å². The first-order chi connectivity index (χ1) is 21.7. The number of primary amides is 1. The molecule has 5 N–H and O–H groups in total. The van der Waals surface area contributed by atoms with E-state index in [2.05, 4.69) is 19.8 Å². The number of aliphatic hydroxyl groups excluding tert-OH is 1. The van der Waals surface area contributed by atoms with E-state index in [0.29, 0.717) is 16.0 Å². The third kappa shape index (κ3) is 6.02. The van der Waals surface area contributed by atoms with Crippen LogP contribution in [0.1, 0.15) is 17.0 Å². The Bertz CT molecular complexity index is 1910. The van der Waals surface area contributed by atoms with E-state index in [-0.39, 0.29) is 56.8 Å². The van der Waals surface area contributed by atoms with Crippen LogP contribution in [0, 0.1) is 18.2 Å². The number of aryl methyl sites for hydroxylation is 1. The highest BCUT2D eigenvalue weighted by Gasteiger charge is 2.44. The van der Waals surface area contributed by atoms with Crippen molar-refractivity contribution in [3.05, 3.63) is 77.4 Å². The van der Waals surface area contributed by atoms with Gasteiger partial charge in [0, 0.05) is 46.8 Å². The lowest BCUT2D eigenvalue weighted by molar-refractivity contribution is -0.286. The van der Waals surface area contributed by atoms with Crippen LogP contribution in [-0.4, -0.2) is 47.2 Å². The van der Waals surface area contributed by atoms with Crippen molar-refractivity contribution in [1.29, 1.82) is 5.41 Å². The molecule has 0 radical (unpaired) electrons. The number of nitrogens with one attached hydrogen (secondary N) is 2. The van der Waals surface area contributed by atoms with Gasteiger partial charge in [0.2, 0.25) is 0 Å². The molecule has 9 nitrogen and oxygen atoms in total. The molecule has 0 unspecified atom stereocenters. The van der Waals surface area contributed by atoms with Gasteiger partial charge >= 0.3 is 12.2 Å². The van der Waals surface area contributed by atoms with Crippen LogP contribution in [0.2, 0.25) is 0 Å². The zero-order chi connectivity index (χ0) is 33.6. The van der Waals surface area contributed by atoms with E-state index in [4.69, 9.17) is 15.6 Å². The van der Waals surface area contributed by atoms with E-state index in [1.54, 1.807) is 24.5 Å². The van der Waals surface area contributed by atoms with Gasteiger partial charge in [0.1, 0.15) is 17.2 Å². The summed E-state index contributed by atoms with van der Waals surface area (Å²) in [5, 5.41) is 20.3. The Balaban J connectivity index is 1.74. The number of aromatic nitrogens is 1. The average molecular weight is 661 g/mol. The van der Waals surface area contributed by atoms with E-state index in [1.165, 1.54) is 56.1 Å². The summed E-state index contributed by atoms with van der Waals surface area (Å²) in [4.78, 5) is 16.3. The van der Waals surface area contributed by atoms with Gasteiger partial charge in [-0.2, -0.15) is 8.78 Å². The largest absolute Gasteiger partial charge is 0.586 e. The predicted molar refractivity (Wildman–Crippen MR) is 160 cm³/mol. The quantitative estimate of drug-likeness (QED) is 0.0875. The molecule has 1 aliphatic rings. The van der Waals surface area contributed by atoms with E-state index in [9.17, 15) is 27.5 Å². The third-order valence-electron chi connectivity index (χ3n) is 7.03. The number of rotatable bonds is 10. The summed E-state index contributed by atoms with van der Waals surface area (Å²) < 4.78 is 86.3. The summed E-state index contributed by atoms with van der Waals surface area (Å²) in [6, 6.07) is 11.5. The van der Waals surface area contributed by atoms with Gasteiger partial charge < -0.3 is 30.0 Å². The second-order valence-corrected chi connectivity index (χ2v) is 10.8. The summed E-state index contributed by atoms with van der Waals surface area (Å²) >= 11 is 1.22. The maximum Gasteiger partial charge on any atom is 0.586 e. The molecular weight excluding hydrogens is 635 g/mol. The smallest absolute Gasteiger partial charge is 0.440 e. The van der Waals surface area contributed by atoms with Gasteiger partial charge in [-0.15, -0.1) is 20.5 Å². The Morgan fingerprint density at radius 2 is 1.80 bits per heavy atom. The Morgan fingerprint density at radius 1 is 1.11 bits per heavy atom. The zero-order valence-electron chi connectivity index (χ0n) is 24.3. The molecule has 1 aliphatic heterocycles. The second kappa shape index (κ2) is 12.1. The number of aliphatic hydroxyl groups is 1. The van der Waals surface area contributed by atoms with Crippen LogP contribution < -0.4 is 20.5 Å². The number of alkyl halides is 4. The molecule has 0 bridgehead atoms. The summed E-state index contributed by atoms with van der Waals surface area (Å²) in [7, 11) is 1.40. The number of carbonyl (C=O) groups is 1. The van der Waals surface area contributed by atoms with Gasteiger partial charge in [0.15, 0.2) is 23.1 Å². The van der Waals surface area contributed by atoms with Gasteiger partial charge in [0.05, 0.1) is 6.61 Å². The number of ether oxygens (including phenoxy) is 2. The molecule has 0 spiro atoms. The van der Waals surface area contributed by atoms with Crippen LogP contribution in [0.25, 0.3) is 39.4 Å². The lowest BCUT2D eigenvalue weighted by Crippen LogP contribution is -2.42. The number of hydrogen-bond acceptors (Lipinski definition) is 9. The first-order valence-corrected chi connectivity index (χ1v) is 14.6. The summed E-state index contributed by atoms with van der Waals surface area (Å²) in [6.07, 6.45) is -1.42. The highest BCUT2D eigenvalue weighted by atomic mass is 32.2. The average Bonchev–Trinajstić information content (AvgIpc) is 3.55. The number of nitrogens with zero attached hydrogens (tertiary/aromatic N) is 1. The minimum absolute atomic E-state index is 0.0515. The van der Waals surface area contributed by atoms with E-state index >= 15 is 4.39 Å². The fourth-order valence-corrected chi connectivity index (χ4v) is 5.47. The summed E-state index contributed by atoms with van der Waals surface area (Å²) in [5.74, 6) is -7.21. The number of amides is 1. The van der Waals surface area contributed by atoms with Gasteiger partial charge in [-0.05, 0) is 59.9 Å². The van der Waals surface area contributed by atoms with E-state index < -0.39 is 36.3 Å². The van der Waals surface area contributed by atoms with Crippen molar-refractivity contribution in [2.75, 3.05) is 13.3 Å². The number of allylic oxidation sites excluding steroid dienone is 1. The molecule has 0 atom stereocenters. The van der Waals surface area contributed by atoms with Gasteiger partial charge in [-0.1, -0.05) is 12.1 Å². The van der Waals surface area contributed by atoms with Crippen molar-refractivity contribution in [2.24, 2.45) is 5.73 Å². The van der Waals surface area contributed by atoms with Gasteiger partial charge in [-0.3, -0.25) is 10.2 Å². The fourth-order valence-electron chi connectivity index (χ4n) is 4.81. The first kappa shape index (κ1) is 32.5. The van der Waals surface area contributed by atoms with Crippen molar-refractivity contribution in [3.63, 3.8) is 0 Å². The lowest BCUT2D eigenvalue weighted by Gasteiger charge is -2.17. The molecule has 46 heavy (non-hydrogen) atoms. The number of fused-ring (bicyclic) bond motifs is 1. The van der Waals surface area contributed by atoms with Crippen molar-refractivity contribution >= 4 is 29.1 Å². The molecule has 1 aromatic heterocycles. The highest BCUT2D eigenvalue weighted by Crippen LogP contribution is 2.45. The fraction of sp³-hybridized carbons (Fsp3) is 0.194. The second-order valence-electron chi connectivity index (χ2n) is 9.96. The number of halogens is 5. The number of benzene rings is 3. The SMILES string of the molecule is CN/C(=C\C(=N)C(F)(F)C(N)=O)c1ccc(-c2cc(F)c(CO)c(SC)c2)cc1-c1oc(C)nc1-c1ccc2c(c1)OC(F)(F)O2. The predicted octanol–water partition coefficient (Wildman–Crippen LogP) is 6.36. The maximum atomic E-state index is 15.0.